The Hall–Kier alpha value is -1.07. The number of nitrogens with one attached hydrogen (secondary N) is 1. The predicted molar refractivity (Wildman–Crippen MR) is 73.5 cm³/mol. The van der Waals surface area contributed by atoms with E-state index < -0.39 is 0 Å². The number of amides is 1. The summed E-state index contributed by atoms with van der Waals surface area (Å²) in [6.45, 7) is 4.05. The molecule has 5 heteroatoms. The highest BCUT2D eigenvalue weighted by molar-refractivity contribution is 8.00. The second-order valence-electron chi connectivity index (χ2n) is 4.41. The zero-order valence-corrected chi connectivity index (χ0v) is 11.7. The van der Waals surface area contributed by atoms with E-state index >= 15 is 0 Å². The minimum Gasteiger partial charge on any atom is -0.396 e. The maximum absolute atomic E-state index is 11.8. The Morgan fingerprint density at radius 1 is 1.50 bits per heavy atom. The summed E-state index contributed by atoms with van der Waals surface area (Å²) in [4.78, 5) is 16.8. The Morgan fingerprint density at radius 2 is 2.17 bits per heavy atom. The lowest BCUT2D eigenvalue weighted by Gasteiger charge is -2.28. The molecular weight excluding hydrogens is 248 g/mol. The molecule has 1 atom stereocenters. The van der Waals surface area contributed by atoms with Crippen molar-refractivity contribution in [3.05, 3.63) is 24.5 Å². The molecule has 0 saturated carbocycles. The largest absolute Gasteiger partial charge is 0.396 e. The number of carbonyl (C=O) groups excluding carboxylic acids is 1. The molecule has 2 N–H and O–H groups in total. The highest BCUT2D eigenvalue weighted by Crippen LogP contribution is 2.18. The summed E-state index contributed by atoms with van der Waals surface area (Å²) in [6, 6.07) is 3.76. The first-order valence-electron chi connectivity index (χ1n) is 6.04. The number of carbonyl (C=O) groups is 1. The summed E-state index contributed by atoms with van der Waals surface area (Å²) in [5.74, 6) is 0.375. The van der Waals surface area contributed by atoms with E-state index in [4.69, 9.17) is 5.11 Å². The second-order valence-corrected chi connectivity index (χ2v) is 5.46. The fraction of sp³-hybridized carbons (Fsp3) is 0.538. The molecule has 1 aromatic heterocycles. The number of aliphatic hydroxyl groups excluding tert-OH is 1. The number of nitrogens with zero attached hydrogens (tertiary/aromatic N) is 1. The molecule has 0 aliphatic rings. The van der Waals surface area contributed by atoms with Gasteiger partial charge < -0.3 is 10.4 Å². The molecule has 0 aliphatic carbocycles. The topological polar surface area (TPSA) is 62.2 Å². The Kier molecular flexibility index (Phi) is 6.15. The lowest BCUT2D eigenvalue weighted by molar-refractivity contribution is -0.120. The summed E-state index contributed by atoms with van der Waals surface area (Å²) >= 11 is 1.48. The van der Waals surface area contributed by atoms with Gasteiger partial charge in [-0.05, 0) is 31.9 Å². The van der Waals surface area contributed by atoms with Crippen LogP contribution in [0.15, 0.2) is 29.4 Å². The van der Waals surface area contributed by atoms with Crippen molar-refractivity contribution in [2.24, 2.45) is 0 Å². The number of hydrogen-bond acceptors (Lipinski definition) is 4. The van der Waals surface area contributed by atoms with Crippen molar-refractivity contribution in [2.75, 3.05) is 12.4 Å². The van der Waals surface area contributed by atoms with Crippen LogP contribution in [0.5, 0.6) is 0 Å². The fourth-order valence-electron chi connectivity index (χ4n) is 1.53. The van der Waals surface area contributed by atoms with Crippen molar-refractivity contribution < 1.29 is 9.90 Å². The molecular formula is C13H20N2O2S. The number of thioether (sulfide) groups is 1. The van der Waals surface area contributed by atoms with Crippen LogP contribution in [0, 0.1) is 0 Å². The van der Waals surface area contributed by atoms with Gasteiger partial charge in [-0.2, -0.15) is 0 Å². The Bertz CT molecular complexity index is 373. The zero-order valence-electron chi connectivity index (χ0n) is 10.8. The van der Waals surface area contributed by atoms with E-state index in [0.717, 1.165) is 11.3 Å². The fourth-order valence-corrected chi connectivity index (χ4v) is 2.21. The van der Waals surface area contributed by atoms with Crippen molar-refractivity contribution in [1.82, 2.24) is 10.3 Å². The molecule has 1 unspecified atom stereocenters. The Labute approximate surface area is 112 Å². The molecule has 0 aliphatic heterocycles. The molecule has 0 aromatic carbocycles. The molecule has 0 spiro atoms. The van der Waals surface area contributed by atoms with Gasteiger partial charge in [0.15, 0.2) is 0 Å². The lowest BCUT2D eigenvalue weighted by Crippen LogP contribution is -2.46. The summed E-state index contributed by atoms with van der Waals surface area (Å²) < 4.78 is 0. The third kappa shape index (κ3) is 5.06. The van der Waals surface area contributed by atoms with Crippen LogP contribution in [-0.2, 0) is 4.79 Å². The lowest BCUT2D eigenvalue weighted by atomic mass is 9.95. The summed E-state index contributed by atoms with van der Waals surface area (Å²) in [5, 5.41) is 12.0. The zero-order chi connectivity index (χ0) is 13.4. The van der Waals surface area contributed by atoms with Crippen LogP contribution < -0.4 is 5.32 Å². The maximum atomic E-state index is 11.8. The molecule has 1 rings (SSSR count). The van der Waals surface area contributed by atoms with Crippen LogP contribution in [0.25, 0.3) is 0 Å². The van der Waals surface area contributed by atoms with Gasteiger partial charge in [-0.25, -0.2) is 0 Å². The van der Waals surface area contributed by atoms with E-state index in [-0.39, 0.29) is 18.1 Å². The van der Waals surface area contributed by atoms with Crippen LogP contribution in [-0.4, -0.2) is 33.9 Å². The number of aromatic nitrogens is 1. The summed E-state index contributed by atoms with van der Waals surface area (Å²) in [6.07, 6.45) is 4.80. The minimum atomic E-state index is -0.315. The molecule has 1 amide bonds. The van der Waals surface area contributed by atoms with Gasteiger partial charge in [0.1, 0.15) is 0 Å². The quantitative estimate of drug-likeness (QED) is 0.741. The van der Waals surface area contributed by atoms with E-state index in [1.807, 2.05) is 26.0 Å². The second kappa shape index (κ2) is 7.38. The molecule has 0 saturated heterocycles. The molecule has 1 aromatic rings. The average Bonchev–Trinajstić information content (AvgIpc) is 2.38. The van der Waals surface area contributed by atoms with Crippen LogP contribution in [0.3, 0.4) is 0 Å². The number of rotatable bonds is 7. The maximum Gasteiger partial charge on any atom is 0.230 e. The SMILES string of the molecule is CCC(C)(CCO)NC(=O)CSc1ccncc1. The first-order valence-corrected chi connectivity index (χ1v) is 7.03. The van der Waals surface area contributed by atoms with Gasteiger partial charge in [0.25, 0.3) is 0 Å². The van der Waals surface area contributed by atoms with Crippen molar-refractivity contribution in [3.63, 3.8) is 0 Å². The van der Waals surface area contributed by atoms with Crippen molar-refractivity contribution in [2.45, 2.75) is 37.1 Å². The minimum absolute atomic E-state index is 0.00499. The molecule has 0 bridgehead atoms. The van der Waals surface area contributed by atoms with E-state index in [9.17, 15) is 4.79 Å². The molecule has 0 fully saturated rings. The third-order valence-electron chi connectivity index (χ3n) is 2.90. The monoisotopic (exact) mass is 268 g/mol. The van der Waals surface area contributed by atoms with Crippen molar-refractivity contribution in [1.29, 1.82) is 0 Å². The highest BCUT2D eigenvalue weighted by Gasteiger charge is 2.23. The van der Waals surface area contributed by atoms with Gasteiger partial charge in [0.05, 0.1) is 5.75 Å². The van der Waals surface area contributed by atoms with Gasteiger partial charge in [-0.3, -0.25) is 9.78 Å². The van der Waals surface area contributed by atoms with Crippen LogP contribution in [0.2, 0.25) is 0 Å². The third-order valence-corrected chi connectivity index (χ3v) is 3.92. The first kappa shape index (κ1) is 15.0. The molecule has 4 nitrogen and oxygen atoms in total. The normalized spacial score (nSPS) is 13.9. The average molecular weight is 268 g/mol. The van der Waals surface area contributed by atoms with E-state index in [0.29, 0.717) is 12.2 Å². The number of hydrogen-bond donors (Lipinski definition) is 2. The van der Waals surface area contributed by atoms with E-state index in [1.165, 1.54) is 11.8 Å². The van der Waals surface area contributed by atoms with Crippen LogP contribution in [0.1, 0.15) is 26.7 Å². The molecule has 1 heterocycles. The van der Waals surface area contributed by atoms with Crippen LogP contribution >= 0.6 is 11.8 Å². The van der Waals surface area contributed by atoms with Gasteiger partial charge in [-0.1, -0.05) is 6.92 Å². The smallest absolute Gasteiger partial charge is 0.230 e. The van der Waals surface area contributed by atoms with Gasteiger partial charge in [-0.15, -0.1) is 11.8 Å². The van der Waals surface area contributed by atoms with Crippen molar-refractivity contribution in [3.8, 4) is 0 Å². The van der Waals surface area contributed by atoms with Crippen LogP contribution in [0.4, 0.5) is 0 Å². The van der Waals surface area contributed by atoms with E-state index in [2.05, 4.69) is 10.3 Å². The molecule has 100 valence electrons. The van der Waals surface area contributed by atoms with E-state index in [1.54, 1.807) is 12.4 Å². The standard InChI is InChI=1S/C13H20N2O2S/c1-3-13(2,6-9-16)15-12(17)10-18-11-4-7-14-8-5-11/h4-5,7-8,16H,3,6,9-10H2,1-2H3,(H,15,17). The predicted octanol–water partition coefficient (Wildman–Crippen LogP) is 1.84. The summed E-state index contributed by atoms with van der Waals surface area (Å²) in [5.41, 5.74) is -0.315. The van der Waals surface area contributed by atoms with Gasteiger partial charge >= 0.3 is 0 Å². The highest BCUT2D eigenvalue weighted by atomic mass is 32.2. The Balaban J connectivity index is 2.41. The summed E-state index contributed by atoms with van der Waals surface area (Å²) in [7, 11) is 0. The number of pyridine rings is 1. The molecule has 0 radical (unpaired) electrons. The molecule has 18 heavy (non-hydrogen) atoms. The Morgan fingerprint density at radius 3 is 2.72 bits per heavy atom. The number of aliphatic hydroxyl groups is 1. The van der Waals surface area contributed by atoms with Gasteiger partial charge in [0, 0.05) is 29.4 Å². The van der Waals surface area contributed by atoms with Crippen molar-refractivity contribution >= 4 is 17.7 Å². The van der Waals surface area contributed by atoms with Gasteiger partial charge in [0.2, 0.25) is 5.91 Å². The first-order chi connectivity index (χ1) is 8.59.